The fraction of sp³-hybridized carbons (Fsp3) is 0.133. The highest BCUT2D eigenvalue weighted by Gasteiger charge is 2.17. The molecule has 0 N–H and O–H groups in total. The van der Waals surface area contributed by atoms with E-state index in [2.05, 4.69) is 15.2 Å². The van der Waals surface area contributed by atoms with E-state index in [4.69, 9.17) is 20.8 Å². The summed E-state index contributed by atoms with van der Waals surface area (Å²) in [5.74, 6) is -1.08. The lowest BCUT2D eigenvalue weighted by Gasteiger charge is -2.07. The molecule has 2 aromatic heterocycles. The Morgan fingerprint density at radius 2 is 2.00 bits per heavy atom. The normalized spacial score (nSPS) is 11.0. The van der Waals surface area contributed by atoms with Crippen molar-refractivity contribution >= 4 is 11.6 Å². The molecule has 0 aliphatic carbocycles. The van der Waals surface area contributed by atoms with Crippen molar-refractivity contribution in [2.45, 2.75) is 13.0 Å². The highest BCUT2D eigenvalue weighted by atomic mass is 35.5. The SMILES string of the molecule is Fc1ccc(Cl)c(OCc2ccc(-c3nnc(C(F)F)o3)cn2)c1. The van der Waals surface area contributed by atoms with Crippen LogP contribution in [0.5, 0.6) is 5.75 Å². The van der Waals surface area contributed by atoms with Crippen LogP contribution in [0.3, 0.4) is 0 Å². The number of rotatable bonds is 5. The summed E-state index contributed by atoms with van der Waals surface area (Å²) in [5.41, 5.74) is 0.912. The van der Waals surface area contributed by atoms with Gasteiger partial charge in [-0.25, -0.2) is 4.39 Å². The van der Waals surface area contributed by atoms with E-state index in [1.165, 1.54) is 24.4 Å². The number of alkyl halides is 2. The lowest BCUT2D eigenvalue weighted by atomic mass is 10.2. The first-order chi connectivity index (χ1) is 11.5. The smallest absolute Gasteiger partial charge is 0.314 e. The standard InChI is InChI=1S/C15H9ClF3N3O2/c16-11-4-2-9(17)5-12(11)23-7-10-3-1-8(6-20-10)14-21-22-15(24-14)13(18)19/h1-6,13H,7H2. The molecule has 0 atom stereocenters. The van der Waals surface area contributed by atoms with E-state index in [9.17, 15) is 13.2 Å². The zero-order valence-electron chi connectivity index (χ0n) is 11.9. The van der Waals surface area contributed by atoms with Crippen molar-refractivity contribution in [2.24, 2.45) is 0 Å². The van der Waals surface area contributed by atoms with E-state index in [1.807, 2.05) is 0 Å². The fourth-order valence-corrected chi connectivity index (χ4v) is 1.99. The summed E-state index contributed by atoms with van der Waals surface area (Å²) in [6.07, 6.45) is -1.45. The quantitative estimate of drug-likeness (QED) is 0.677. The Morgan fingerprint density at radius 3 is 2.67 bits per heavy atom. The molecule has 0 saturated heterocycles. The molecular weight excluding hydrogens is 347 g/mol. The molecule has 1 aromatic carbocycles. The molecule has 0 spiro atoms. The van der Waals surface area contributed by atoms with Gasteiger partial charge in [-0.3, -0.25) is 4.98 Å². The summed E-state index contributed by atoms with van der Waals surface area (Å²) in [6.45, 7) is 0.0512. The van der Waals surface area contributed by atoms with Gasteiger partial charge in [0.25, 0.3) is 5.89 Å². The molecule has 0 aliphatic heterocycles. The Morgan fingerprint density at radius 1 is 1.17 bits per heavy atom. The van der Waals surface area contributed by atoms with Crippen molar-refractivity contribution in [3.05, 3.63) is 59.0 Å². The largest absolute Gasteiger partial charge is 0.486 e. The van der Waals surface area contributed by atoms with Gasteiger partial charge in [0.2, 0.25) is 5.89 Å². The minimum atomic E-state index is -2.83. The summed E-state index contributed by atoms with van der Waals surface area (Å²) in [4.78, 5) is 4.10. The highest BCUT2D eigenvalue weighted by Crippen LogP contribution is 2.26. The molecule has 9 heteroatoms. The summed E-state index contributed by atoms with van der Waals surface area (Å²) in [6, 6.07) is 6.94. The van der Waals surface area contributed by atoms with Gasteiger partial charge in [-0.05, 0) is 24.3 Å². The molecule has 0 unspecified atom stereocenters. The van der Waals surface area contributed by atoms with E-state index < -0.39 is 18.1 Å². The summed E-state index contributed by atoms with van der Waals surface area (Å²) in [7, 11) is 0. The van der Waals surface area contributed by atoms with E-state index >= 15 is 0 Å². The third-order valence-electron chi connectivity index (χ3n) is 2.97. The Balaban J connectivity index is 1.69. The molecule has 5 nitrogen and oxygen atoms in total. The van der Waals surface area contributed by atoms with Gasteiger partial charge >= 0.3 is 6.43 Å². The number of halogens is 4. The van der Waals surface area contributed by atoms with Crippen molar-refractivity contribution in [3.8, 4) is 17.2 Å². The second-order valence-electron chi connectivity index (χ2n) is 4.65. The summed E-state index contributed by atoms with van der Waals surface area (Å²) < 4.78 is 48.2. The van der Waals surface area contributed by atoms with Crippen LogP contribution in [0.2, 0.25) is 5.02 Å². The molecule has 3 rings (SSSR count). The number of nitrogens with zero attached hydrogens (tertiary/aromatic N) is 3. The van der Waals surface area contributed by atoms with Crippen LogP contribution < -0.4 is 4.74 Å². The summed E-state index contributed by atoms with van der Waals surface area (Å²) in [5, 5.41) is 7.04. The Kier molecular flexibility index (Phi) is 4.66. The third kappa shape index (κ3) is 3.65. The number of pyridine rings is 1. The fourth-order valence-electron chi connectivity index (χ4n) is 1.82. The number of hydrogen-bond donors (Lipinski definition) is 0. The van der Waals surface area contributed by atoms with Crippen LogP contribution in [0.25, 0.3) is 11.5 Å². The van der Waals surface area contributed by atoms with Crippen molar-refractivity contribution in [1.82, 2.24) is 15.2 Å². The van der Waals surface area contributed by atoms with Gasteiger partial charge in [0.15, 0.2) is 0 Å². The van der Waals surface area contributed by atoms with Gasteiger partial charge < -0.3 is 9.15 Å². The van der Waals surface area contributed by atoms with Crippen molar-refractivity contribution in [1.29, 1.82) is 0 Å². The average Bonchev–Trinajstić information content (AvgIpc) is 3.06. The molecule has 0 aliphatic rings. The minimum absolute atomic E-state index is 0.0512. The Hall–Kier alpha value is -2.61. The zero-order valence-corrected chi connectivity index (χ0v) is 12.7. The van der Waals surface area contributed by atoms with Crippen LogP contribution in [-0.2, 0) is 6.61 Å². The second kappa shape index (κ2) is 6.88. The number of aromatic nitrogens is 3. The van der Waals surface area contributed by atoms with Gasteiger partial charge in [-0.1, -0.05) is 11.6 Å². The van der Waals surface area contributed by atoms with Crippen molar-refractivity contribution in [3.63, 3.8) is 0 Å². The molecular formula is C15H9ClF3N3O2. The molecule has 0 bridgehead atoms. The first kappa shape index (κ1) is 16.3. The molecule has 24 heavy (non-hydrogen) atoms. The first-order valence-electron chi connectivity index (χ1n) is 6.67. The Bertz CT molecular complexity index is 840. The number of hydrogen-bond acceptors (Lipinski definition) is 5. The molecule has 0 amide bonds. The van der Waals surface area contributed by atoms with Crippen LogP contribution in [0.15, 0.2) is 40.9 Å². The molecule has 2 heterocycles. The van der Waals surface area contributed by atoms with Gasteiger partial charge in [0.05, 0.1) is 16.3 Å². The monoisotopic (exact) mass is 355 g/mol. The van der Waals surface area contributed by atoms with Crippen LogP contribution in [0.4, 0.5) is 13.2 Å². The van der Waals surface area contributed by atoms with Crippen LogP contribution >= 0.6 is 11.6 Å². The molecule has 3 aromatic rings. The maximum Gasteiger partial charge on any atom is 0.314 e. The topological polar surface area (TPSA) is 61.0 Å². The predicted molar refractivity (Wildman–Crippen MR) is 78.2 cm³/mol. The molecule has 0 radical (unpaired) electrons. The maximum absolute atomic E-state index is 13.1. The Labute approximate surface area is 139 Å². The molecule has 124 valence electrons. The predicted octanol–water partition coefficient (Wildman–Crippen LogP) is 4.44. The van der Waals surface area contributed by atoms with Crippen LogP contribution in [0, 0.1) is 5.82 Å². The summed E-state index contributed by atoms with van der Waals surface area (Å²) >= 11 is 5.89. The van der Waals surface area contributed by atoms with Crippen LogP contribution in [-0.4, -0.2) is 15.2 Å². The molecule has 0 fully saturated rings. The maximum atomic E-state index is 13.1. The highest BCUT2D eigenvalue weighted by molar-refractivity contribution is 6.32. The first-order valence-corrected chi connectivity index (χ1v) is 7.05. The van der Waals surface area contributed by atoms with E-state index in [-0.39, 0.29) is 23.3 Å². The van der Waals surface area contributed by atoms with Crippen LogP contribution in [0.1, 0.15) is 18.0 Å². The second-order valence-corrected chi connectivity index (χ2v) is 5.05. The molecule has 0 saturated carbocycles. The van der Waals surface area contributed by atoms with Crippen molar-refractivity contribution in [2.75, 3.05) is 0 Å². The number of ether oxygens (including phenoxy) is 1. The van der Waals surface area contributed by atoms with E-state index in [0.717, 1.165) is 0 Å². The number of benzene rings is 1. The van der Waals surface area contributed by atoms with Gasteiger partial charge in [0.1, 0.15) is 18.2 Å². The zero-order chi connectivity index (χ0) is 17.1. The van der Waals surface area contributed by atoms with Crippen molar-refractivity contribution < 1.29 is 22.3 Å². The lowest BCUT2D eigenvalue weighted by molar-refractivity contribution is 0.116. The van der Waals surface area contributed by atoms with E-state index in [1.54, 1.807) is 12.1 Å². The third-order valence-corrected chi connectivity index (χ3v) is 3.28. The van der Waals surface area contributed by atoms with E-state index in [0.29, 0.717) is 11.3 Å². The van der Waals surface area contributed by atoms with Gasteiger partial charge in [0, 0.05) is 12.3 Å². The van der Waals surface area contributed by atoms with Gasteiger partial charge in [-0.2, -0.15) is 8.78 Å². The van der Waals surface area contributed by atoms with Gasteiger partial charge in [-0.15, -0.1) is 10.2 Å². The average molecular weight is 356 g/mol. The minimum Gasteiger partial charge on any atom is -0.486 e. The lowest BCUT2D eigenvalue weighted by Crippen LogP contribution is -1.99.